The highest BCUT2D eigenvalue weighted by Crippen LogP contribution is 2.35. The molecule has 0 aromatic heterocycles. The number of hydrogen-bond acceptors (Lipinski definition) is 4. The molecule has 7 nitrogen and oxygen atoms in total. The first-order valence-corrected chi connectivity index (χ1v) is 7.95. The number of amides is 1. The van der Waals surface area contributed by atoms with Crippen molar-refractivity contribution >= 4 is 45.7 Å². The van der Waals surface area contributed by atoms with Gasteiger partial charge >= 0.3 is 6.18 Å². The number of aliphatic imine (C=N–C) groups is 1. The number of hydrogen-bond donors (Lipinski definition) is 2. The number of nitrogens with two attached hydrogens (primary N) is 2. The zero-order chi connectivity index (χ0) is 18.0. The van der Waals surface area contributed by atoms with Gasteiger partial charge in [-0.1, -0.05) is 11.6 Å². The molecule has 0 aliphatic heterocycles. The Balaban J connectivity index is 0.00000529. The van der Waals surface area contributed by atoms with Crippen molar-refractivity contribution in [2.24, 2.45) is 16.5 Å². The molecular formula is C11H12Cl2F3N3O4S. The van der Waals surface area contributed by atoms with E-state index in [2.05, 4.69) is 9.73 Å². The molecule has 136 valence electrons. The quantitative estimate of drug-likeness (QED) is 0.573. The maximum atomic E-state index is 12.2. The summed E-state index contributed by atoms with van der Waals surface area (Å²) in [5.74, 6) is -2.31. The summed E-state index contributed by atoms with van der Waals surface area (Å²) >= 11 is 5.73. The number of alkyl halides is 3. The van der Waals surface area contributed by atoms with E-state index >= 15 is 0 Å². The third-order valence-corrected chi connectivity index (χ3v) is 3.65. The SMILES string of the molecule is CS(=O)(=O)c1cc(C(=O)N=C(N)N)cc(Cl)c1OCC(F)(F)F.Cl. The summed E-state index contributed by atoms with van der Waals surface area (Å²) < 4.78 is 64.6. The van der Waals surface area contributed by atoms with Crippen LogP contribution in [0.1, 0.15) is 10.4 Å². The lowest BCUT2D eigenvalue weighted by atomic mass is 10.2. The van der Waals surface area contributed by atoms with Gasteiger partial charge in [0.1, 0.15) is 4.90 Å². The van der Waals surface area contributed by atoms with E-state index < -0.39 is 50.2 Å². The summed E-state index contributed by atoms with van der Waals surface area (Å²) in [5, 5.41) is -0.508. The van der Waals surface area contributed by atoms with Crippen molar-refractivity contribution in [3.63, 3.8) is 0 Å². The topological polar surface area (TPSA) is 125 Å². The van der Waals surface area contributed by atoms with E-state index in [1.54, 1.807) is 0 Å². The Morgan fingerprint density at radius 1 is 1.33 bits per heavy atom. The van der Waals surface area contributed by atoms with Crippen LogP contribution in [0.4, 0.5) is 13.2 Å². The van der Waals surface area contributed by atoms with Crippen molar-refractivity contribution in [1.29, 1.82) is 0 Å². The van der Waals surface area contributed by atoms with Crippen LogP contribution in [0, 0.1) is 0 Å². The highest BCUT2D eigenvalue weighted by atomic mass is 35.5. The fourth-order valence-electron chi connectivity index (χ4n) is 1.44. The second-order valence-electron chi connectivity index (χ2n) is 4.30. The van der Waals surface area contributed by atoms with Gasteiger partial charge in [-0.15, -0.1) is 12.4 Å². The third kappa shape index (κ3) is 6.42. The molecule has 24 heavy (non-hydrogen) atoms. The molecule has 1 amide bonds. The number of nitrogens with zero attached hydrogens (tertiary/aromatic N) is 1. The number of guanidine groups is 1. The smallest absolute Gasteiger partial charge is 0.422 e. The van der Waals surface area contributed by atoms with Crippen LogP contribution >= 0.6 is 24.0 Å². The molecule has 0 aliphatic rings. The summed E-state index contributed by atoms with van der Waals surface area (Å²) in [5.41, 5.74) is 9.72. The van der Waals surface area contributed by atoms with Gasteiger partial charge in [0, 0.05) is 11.8 Å². The Kier molecular flexibility index (Phi) is 7.34. The van der Waals surface area contributed by atoms with E-state index in [4.69, 9.17) is 23.1 Å². The number of rotatable bonds is 4. The van der Waals surface area contributed by atoms with Gasteiger partial charge in [-0.3, -0.25) is 4.79 Å². The molecule has 1 rings (SSSR count). The number of ether oxygens (including phenoxy) is 1. The molecule has 0 fully saturated rings. The van der Waals surface area contributed by atoms with Crippen LogP contribution in [0.2, 0.25) is 5.02 Å². The van der Waals surface area contributed by atoms with Gasteiger partial charge < -0.3 is 16.2 Å². The Morgan fingerprint density at radius 3 is 2.29 bits per heavy atom. The van der Waals surface area contributed by atoms with Crippen LogP contribution in [0.25, 0.3) is 0 Å². The van der Waals surface area contributed by atoms with Gasteiger partial charge in [0.2, 0.25) is 0 Å². The van der Waals surface area contributed by atoms with E-state index in [-0.39, 0.29) is 18.0 Å². The van der Waals surface area contributed by atoms with E-state index in [0.717, 1.165) is 12.1 Å². The summed E-state index contributed by atoms with van der Waals surface area (Å²) in [7, 11) is -4.05. The summed E-state index contributed by atoms with van der Waals surface area (Å²) in [6.45, 7) is -1.75. The Hall–Kier alpha value is -1.72. The van der Waals surface area contributed by atoms with Gasteiger partial charge in [-0.25, -0.2) is 8.42 Å². The van der Waals surface area contributed by atoms with Crippen LogP contribution in [-0.4, -0.2) is 39.3 Å². The fourth-order valence-corrected chi connectivity index (χ4v) is 2.62. The van der Waals surface area contributed by atoms with Gasteiger partial charge in [0.15, 0.2) is 28.2 Å². The molecular weight excluding hydrogens is 398 g/mol. The van der Waals surface area contributed by atoms with Crippen LogP contribution in [0.5, 0.6) is 5.75 Å². The first-order chi connectivity index (χ1) is 10.3. The predicted octanol–water partition coefficient (Wildman–Crippen LogP) is 1.52. The standard InChI is InChI=1S/C11H11ClF3N3O4S.ClH/c1-23(20,21)7-3-5(9(19)18-10(16)17)2-6(12)8(7)22-4-11(13,14)15;/h2-3H,4H2,1H3,(H4,16,17,18,19);1H. The normalized spacial score (nSPS) is 11.4. The van der Waals surface area contributed by atoms with Crippen LogP contribution in [0.15, 0.2) is 22.0 Å². The Labute approximate surface area is 146 Å². The fraction of sp³-hybridized carbons (Fsp3) is 0.273. The number of benzene rings is 1. The molecule has 0 aliphatic carbocycles. The van der Waals surface area contributed by atoms with Gasteiger partial charge in [-0.05, 0) is 12.1 Å². The highest BCUT2D eigenvalue weighted by molar-refractivity contribution is 7.90. The lowest BCUT2D eigenvalue weighted by molar-refractivity contribution is -0.153. The predicted molar refractivity (Wildman–Crippen MR) is 83.5 cm³/mol. The monoisotopic (exact) mass is 409 g/mol. The van der Waals surface area contributed by atoms with Crippen molar-refractivity contribution in [3.8, 4) is 5.75 Å². The lowest BCUT2D eigenvalue weighted by Crippen LogP contribution is -2.24. The average Bonchev–Trinajstić information content (AvgIpc) is 2.33. The van der Waals surface area contributed by atoms with E-state index in [0.29, 0.717) is 6.26 Å². The zero-order valence-corrected chi connectivity index (χ0v) is 14.3. The van der Waals surface area contributed by atoms with Crippen molar-refractivity contribution in [3.05, 3.63) is 22.7 Å². The molecule has 4 N–H and O–H groups in total. The van der Waals surface area contributed by atoms with Crippen LogP contribution in [0.3, 0.4) is 0 Å². The summed E-state index contributed by atoms with van der Waals surface area (Å²) in [6, 6.07) is 1.68. The van der Waals surface area contributed by atoms with Crippen molar-refractivity contribution in [2.75, 3.05) is 12.9 Å². The van der Waals surface area contributed by atoms with Crippen molar-refractivity contribution in [1.82, 2.24) is 0 Å². The maximum absolute atomic E-state index is 12.2. The minimum absolute atomic E-state index is 0. The second kappa shape index (κ2) is 7.90. The number of carbonyl (C=O) groups is 1. The first-order valence-electron chi connectivity index (χ1n) is 5.68. The Morgan fingerprint density at radius 2 is 1.88 bits per heavy atom. The molecule has 0 atom stereocenters. The van der Waals surface area contributed by atoms with Gasteiger partial charge in [0.05, 0.1) is 5.02 Å². The van der Waals surface area contributed by atoms with Crippen molar-refractivity contribution in [2.45, 2.75) is 11.1 Å². The Bertz CT molecular complexity index is 763. The third-order valence-electron chi connectivity index (χ3n) is 2.27. The molecule has 13 heteroatoms. The van der Waals surface area contributed by atoms with Crippen LogP contribution in [-0.2, 0) is 9.84 Å². The molecule has 1 aromatic carbocycles. The van der Waals surface area contributed by atoms with Crippen molar-refractivity contribution < 1.29 is 31.1 Å². The summed E-state index contributed by atoms with van der Waals surface area (Å²) in [6.07, 6.45) is -3.99. The van der Waals surface area contributed by atoms with E-state index in [9.17, 15) is 26.4 Å². The summed E-state index contributed by atoms with van der Waals surface area (Å²) in [4.78, 5) is 14.2. The first kappa shape index (κ1) is 22.3. The van der Waals surface area contributed by atoms with Crippen LogP contribution < -0.4 is 16.2 Å². The van der Waals surface area contributed by atoms with E-state index in [1.807, 2.05) is 0 Å². The lowest BCUT2D eigenvalue weighted by Gasteiger charge is -2.14. The maximum Gasteiger partial charge on any atom is 0.422 e. The molecule has 1 aromatic rings. The number of halogens is 5. The minimum atomic E-state index is -4.70. The average molecular weight is 410 g/mol. The number of sulfone groups is 1. The molecule has 0 saturated heterocycles. The van der Waals surface area contributed by atoms with Gasteiger partial charge in [0.25, 0.3) is 5.91 Å². The second-order valence-corrected chi connectivity index (χ2v) is 6.69. The minimum Gasteiger partial charge on any atom is -0.481 e. The van der Waals surface area contributed by atoms with Gasteiger partial charge in [-0.2, -0.15) is 18.2 Å². The molecule has 0 saturated carbocycles. The molecule has 0 bridgehead atoms. The molecule has 0 unspecified atom stereocenters. The van der Waals surface area contributed by atoms with E-state index in [1.165, 1.54) is 0 Å². The largest absolute Gasteiger partial charge is 0.481 e. The number of carbonyl (C=O) groups excluding carboxylic acids is 1. The molecule has 0 radical (unpaired) electrons. The zero-order valence-electron chi connectivity index (χ0n) is 11.9. The molecule has 0 heterocycles. The molecule has 0 spiro atoms. The highest BCUT2D eigenvalue weighted by Gasteiger charge is 2.31.